The molecule has 0 aromatic rings. The Bertz CT molecular complexity index is 568. The maximum absolute atomic E-state index is 11.8. The van der Waals surface area contributed by atoms with Crippen LogP contribution in [0.3, 0.4) is 0 Å². The van der Waals surface area contributed by atoms with Crippen molar-refractivity contribution in [2.45, 2.75) is 58.2 Å². The minimum Gasteiger partial charge on any atom is -0.392 e. The normalized spacial score (nSPS) is 48.0. The smallest absolute Gasteiger partial charge is 0.128 e. The van der Waals surface area contributed by atoms with Crippen LogP contribution in [0.2, 0.25) is 0 Å². The Hall–Kier alpha value is -0.970. The van der Waals surface area contributed by atoms with E-state index in [9.17, 15) is 20.1 Å². The molecule has 3 aliphatic carbocycles. The highest BCUT2D eigenvalue weighted by atomic mass is 16.3. The number of aliphatic hydroxyl groups excluding tert-OH is 3. The van der Waals surface area contributed by atoms with Crippen molar-refractivity contribution >= 4 is 6.29 Å². The van der Waals surface area contributed by atoms with E-state index in [0.717, 1.165) is 31.1 Å². The quantitative estimate of drug-likeness (QED) is 0.546. The van der Waals surface area contributed by atoms with Crippen LogP contribution in [0.1, 0.15) is 46.0 Å². The highest BCUT2D eigenvalue weighted by Gasteiger charge is 2.59. The number of allylic oxidation sites excluding steroid dienone is 1. The van der Waals surface area contributed by atoms with E-state index in [2.05, 4.69) is 19.6 Å². The zero-order valence-electron chi connectivity index (χ0n) is 14.7. The van der Waals surface area contributed by atoms with E-state index < -0.39 is 17.6 Å². The molecule has 0 amide bonds. The average molecular weight is 334 g/mol. The van der Waals surface area contributed by atoms with Gasteiger partial charge in [0.25, 0.3) is 0 Å². The lowest BCUT2D eigenvalue weighted by molar-refractivity contribution is -0.151. The molecule has 3 rings (SSSR count). The minimum absolute atomic E-state index is 0.0779. The zero-order valence-corrected chi connectivity index (χ0v) is 14.7. The second-order valence-corrected chi connectivity index (χ2v) is 8.53. The fourth-order valence-corrected chi connectivity index (χ4v) is 5.86. The van der Waals surface area contributed by atoms with Crippen molar-refractivity contribution in [3.8, 4) is 0 Å². The SMILES string of the molecule is C=C(CO)C1CCC2C(=CCC3C(C)(C=O)C(O)CCC23C)C1O. The van der Waals surface area contributed by atoms with E-state index in [1.807, 2.05) is 6.92 Å². The van der Waals surface area contributed by atoms with Gasteiger partial charge in [-0.2, -0.15) is 0 Å². The molecule has 0 saturated heterocycles. The molecule has 0 aromatic heterocycles. The van der Waals surface area contributed by atoms with Crippen molar-refractivity contribution in [2.75, 3.05) is 6.61 Å². The lowest BCUT2D eigenvalue weighted by Crippen LogP contribution is -2.57. The summed E-state index contributed by atoms with van der Waals surface area (Å²) in [6.07, 6.45) is 5.85. The summed E-state index contributed by atoms with van der Waals surface area (Å²) in [4.78, 5) is 11.8. The van der Waals surface area contributed by atoms with Gasteiger partial charge in [0.2, 0.25) is 0 Å². The molecule has 0 spiro atoms. The molecule has 4 nitrogen and oxygen atoms in total. The van der Waals surface area contributed by atoms with Gasteiger partial charge in [0, 0.05) is 5.92 Å². The summed E-state index contributed by atoms with van der Waals surface area (Å²) in [5.74, 6) is 0.259. The van der Waals surface area contributed by atoms with Gasteiger partial charge in [0.05, 0.1) is 24.2 Å². The third kappa shape index (κ3) is 2.34. The van der Waals surface area contributed by atoms with E-state index >= 15 is 0 Å². The lowest BCUT2D eigenvalue weighted by atomic mass is 9.45. The zero-order chi connectivity index (χ0) is 17.7. The van der Waals surface area contributed by atoms with Crippen LogP contribution in [-0.2, 0) is 4.79 Å². The Morgan fingerprint density at radius 1 is 1.33 bits per heavy atom. The molecule has 2 fully saturated rings. The summed E-state index contributed by atoms with van der Waals surface area (Å²) in [7, 11) is 0. The molecule has 7 unspecified atom stereocenters. The predicted octanol–water partition coefficient (Wildman–Crippen LogP) is 2.23. The number of rotatable bonds is 3. The molecule has 0 bridgehead atoms. The summed E-state index contributed by atoms with van der Waals surface area (Å²) in [5.41, 5.74) is 0.965. The van der Waals surface area contributed by atoms with Gasteiger partial charge in [-0.05, 0) is 60.5 Å². The highest BCUT2D eigenvalue weighted by Crippen LogP contribution is 2.62. The molecule has 0 aromatic carbocycles. The van der Waals surface area contributed by atoms with Gasteiger partial charge in [0.15, 0.2) is 0 Å². The number of carbonyl (C=O) groups excluding carboxylic acids is 1. The van der Waals surface area contributed by atoms with E-state index in [1.54, 1.807) is 0 Å². The molecule has 4 heteroatoms. The summed E-state index contributed by atoms with van der Waals surface area (Å²) < 4.78 is 0. The number of hydrogen-bond acceptors (Lipinski definition) is 4. The van der Waals surface area contributed by atoms with Crippen LogP contribution in [0.5, 0.6) is 0 Å². The first kappa shape index (κ1) is 17.8. The van der Waals surface area contributed by atoms with Gasteiger partial charge in [-0.1, -0.05) is 26.5 Å². The second kappa shape index (κ2) is 6.08. The number of aliphatic hydroxyl groups is 3. The van der Waals surface area contributed by atoms with Crippen molar-refractivity contribution in [3.63, 3.8) is 0 Å². The molecular weight excluding hydrogens is 304 g/mol. The van der Waals surface area contributed by atoms with Crippen LogP contribution in [0.4, 0.5) is 0 Å². The van der Waals surface area contributed by atoms with E-state index in [4.69, 9.17) is 0 Å². The third-order valence-corrected chi connectivity index (χ3v) is 7.48. The summed E-state index contributed by atoms with van der Waals surface area (Å²) >= 11 is 0. The van der Waals surface area contributed by atoms with Crippen LogP contribution < -0.4 is 0 Å². The molecule has 134 valence electrons. The second-order valence-electron chi connectivity index (χ2n) is 8.53. The lowest BCUT2D eigenvalue weighted by Gasteiger charge is -2.59. The number of carbonyl (C=O) groups is 1. The molecule has 0 heterocycles. The molecule has 0 radical (unpaired) electrons. The monoisotopic (exact) mass is 334 g/mol. The standard InChI is InChI=1S/C20H30O4/c1-12(10-21)13-4-6-15-14(18(13)24)5-7-16-19(15,2)9-8-17(23)20(16,3)11-22/h5,11,13,15-18,21,23-24H,1,4,6-10H2,2-3H3. The van der Waals surface area contributed by atoms with Gasteiger partial charge in [-0.15, -0.1) is 0 Å². The predicted molar refractivity (Wildman–Crippen MR) is 92.2 cm³/mol. The molecule has 0 aliphatic heterocycles. The van der Waals surface area contributed by atoms with Gasteiger partial charge < -0.3 is 20.1 Å². The minimum atomic E-state index is -0.717. The molecule has 3 aliphatic rings. The van der Waals surface area contributed by atoms with E-state index in [-0.39, 0.29) is 29.8 Å². The first-order valence-corrected chi connectivity index (χ1v) is 9.10. The van der Waals surface area contributed by atoms with Gasteiger partial charge >= 0.3 is 0 Å². The van der Waals surface area contributed by atoms with Crippen molar-refractivity contribution in [2.24, 2.45) is 28.6 Å². The summed E-state index contributed by atoms with van der Waals surface area (Å²) in [6, 6.07) is 0. The molecule has 24 heavy (non-hydrogen) atoms. The van der Waals surface area contributed by atoms with Crippen LogP contribution in [0.25, 0.3) is 0 Å². The first-order valence-electron chi connectivity index (χ1n) is 9.10. The number of aldehydes is 1. The highest BCUT2D eigenvalue weighted by molar-refractivity contribution is 5.61. The Balaban J connectivity index is 1.97. The maximum Gasteiger partial charge on any atom is 0.128 e. The fraction of sp³-hybridized carbons (Fsp3) is 0.750. The van der Waals surface area contributed by atoms with E-state index in [1.165, 1.54) is 0 Å². The number of hydrogen-bond donors (Lipinski definition) is 3. The van der Waals surface area contributed by atoms with E-state index in [0.29, 0.717) is 18.4 Å². The molecule has 2 saturated carbocycles. The Morgan fingerprint density at radius 3 is 2.67 bits per heavy atom. The van der Waals surface area contributed by atoms with Crippen molar-refractivity contribution in [1.29, 1.82) is 0 Å². The summed E-state index contributed by atoms with van der Waals surface area (Å²) in [5, 5.41) is 30.7. The van der Waals surface area contributed by atoms with Crippen LogP contribution in [0.15, 0.2) is 23.8 Å². The van der Waals surface area contributed by atoms with Crippen molar-refractivity contribution in [3.05, 3.63) is 23.8 Å². The van der Waals surface area contributed by atoms with Gasteiger partial charge in [0.1, 0.15) is 6.29 Å². The molecular formula is C20H30O4. The first-order chi connectivity index (χ1) is 11.3. The molecule has 3 N–H and O–H groups in total. The van der Waals surface area contributed by atoms with Crippen molar-refractivity contribution in [1.82, 2.24) is 0 Å². The van der Waals surface area contributed by atoms with Crippen LogP contribution in [-0.4, -0.2) is 40.4 Å². The fourth-order valence-electron chi connectivity index (χ4n) is 5.86. The Labute approximate surface area is 144 Å². The van der Waals surface area contributed by atoms with Crippen molar-refractivity contribution < 1.29 is 20.1 Å². The molecule has 7 atom stereocenters. The largest absolute Gasteiger partial charge is 0.392 e. The maximum atomic E-state index is 11.8. The summed E-state index contributed by atoms with van der Waals surface area (Å²) in [6.45, 7) is 7.95. The van der Waals surface area contributed by atoms with Gasteiger partial charge in [-0.25, -0.2) is 0 Å². The topological polar surface area (TPSA) is 77.8 Å². The van der Waals surface area contributed by atoms with Crippen LogP contribution >= 0.6 is 0 Å². The Kier molecular flexibility index (Phi) is 4.52. The average Bonchev–Trinajstić information content (AvgIpc) is 2.58. The number of fused-ring (bicyclic) bond motifs is 3. The third-order valence-electron chi connectivity index (χ3n) is 7.48. The Morgan fingerprint density at radius 2 is 2.04 bits per heavy atom. The van der Waals surface area contributed by atoms with Gasteiger partial charge in [-0.3, -0.25) is 0 Å². The van der Waals surface area contributed by atoms with Crippen LogP contribution in [0, 0.1) is 28.6 Å².